The summed E-state index contributed by atoms with van der Waals surface area (Å²) in [5.41, 5.74) is 1.72. The molecule has 17 heavy (non-hydrogen) atoms. The highest BCUT2D eigenvalue weighted by Gasteiger charge is 2.18. The molecule has 0 aliphatic rings. The molecule has 0 amide bonds. The van der Waals surface area contributed by atoms with Crippen LogP contribution in [0.25, 0.3) is 0 Å². The molecule has 1 aromatic carbocycles. The average Bonchev–Trinajstić information content (AvgIpc) is 2.28. The molecule has 1 atom stereocenters. The zero-order chi connectivity index (χ0) is 12.8. The highest BCUT2D eigenvalue weighted by molar-refractivity contribution is 5.80. The van der Waals surface area contributed by atoms with Crippen LogP contribution in [0.3, 0.4) is 0 Å². The number of ether oxygens (including phenoxy) is 1. The van der Waals surface area contributed by atoms with E-state index in [1.807, 2.05) is 43.3 Å². The van der Waals surface area contributed by atoms with Crippen LogP contribution in [0.5, 0.6) is 0 Å². The molecular weight excluding hydrogens is 220 g/mol. The molecule has 2 N–H and O–H groups in total. The molecule has 1 unspecified atom stereocenters. The van der Waals surface area contributed by atoms with Crippen LogP contribution in [0, 0.1) is 0 Å². The number of para-hydroxylation sites is 2. The molecule has 0 saturated carbocycles. The summed E-state index contributed by atoms with van der Waals surface area (Å²) in [5.74, 6) is -0.930. The molecule has 5 nitrogen and oxygen atoms in total. The van der Waals surface area contributed by atoms with Gasteiger partial charge in [0, 0.05) is 21.2 Å². The van der Waals surface area contributed by atoms with E-state index in [2.05, 4.69) is 5.32 Å². The van der Waals surface area contributed by atoms with Gasteiger partial charge in [-0.1, -0.05) is 12.1 Å². The fourth-order valence-corrected chi connectivity index (χ4v) is 1.51. The topological polar surface area (TPSA) is 61.8 Å². The number of nitrogens with one attached hydrogen (secondary N) is 1. The number of nitrogens with zero attached hydrogens (tertiary/aromatic N) is 1. The summed E-state index contributed by atoms with van der Waals surface area (Å²) in [6, 6.07) is 6.80. The Morgan fingerprint density at radius 3 is 2.65 bits per heavy atom. The first-order valence-electron chi connectivity index (χ1n) is 5.31. The van der Waals surface area contributed by atoms with E-state index in [1.165, 1.54) is 7.11 Å². The predicted molar refractivity (Wildman–Crippen MR) is 67.7 cm³/mol. The predicted octanol–water partition coefficient (Wildman–Crippen LogP) is 1.26. The first-order valence-corrected chi connectivity index (χ1v) is 5.31. The van der Waals surface area contributed by atoms with Crippen molar-refractivity contribution in [2.45, 2.75) is 6.04 Å². The molecule has 1 rings (SSSR count). The molecule has 0 spiro atoms. The normalized spacial score (nSPS) is 11.9. The van der Waals surface area contributed by atoms with Crippen LogP contribution in [0.2, 0.25) is 0 Å². The minimum absolute atomic E-state index is 0.122. The van der Waals surface area contributed by atoms with Crippen molar-refractivity contribution in [2.75, 3.05) is 38.0 Å². The fourth-order valence-electron chi connectivity index (χ4n) is 1.51. The fraction of sp³-hybridized carbons (Fsp3) is 0.417. The van der Waals surface area contributed by atoms with Crippen molar-refractivity contribution < 1.29 is 14.6 Å². The molecule has 5 heteroatoms. The molecule has 0 aromatic heterocycles. The van der Waals surface area contributed by atoms with Gasteiger partial charge in [0.15, 0.2) is 0 Å². The van der Waals surface area contributed by atoms with E-state index < -0.39 is 12.0 Å². The Hall–Kier alpha value is -1.75. The Balaban J connectivity index is 2.88. The average molecular weight is 238 g/mol. The van der Waals surface area contributed by atoms with E-state index in [4.69, 9.17) is 9.84 Å². The quantitative estimate of drug-likeness (QED) is 0.781. The Morgan fingerprint density at radius 1 is 1.47 bits per heavy atom. The summed E-state index contributed by atoms with van der Waals surface area (Å²) >= 11 is 0. The number of anilines is 2. The lowest BCUT2D eigenvalue weighted by Crippen LogP contribution is -2.34. The number of benzene rings is 1. The summed E-state index contributed by atoms with van der Waals surface area (Å²) in [4.78, 5) is 12.9. The molecule has 0 saturated heterocycles. The second kappa shape index (κ2) is 6.10. The van der Waals surface area contributed by atoms with Crippen LogP contribution in [0.4, 0.5) is 11.4 Å². The summed E-state index contributed by atoms with van der Waals surface area (Å²) in [6.07, 6.45) is 0. The standard InChI is InChI=1S/C12H18N2O3/c1-14(2)11-7-5-4-6-9(11)13-10(8-17-3)12(15)16/h4-7,10,13H,8H2,1-3H3,(H,15,16). The molecule has 1 aromatic rings. The maximum absolute atomic E-state index is 11.0. The van der Waals surface area contributed by atoms with E-state index in [-0.39, 0.29) is 6.61 Å². The van der Waals surface area contributed by atoms with Gasteiger partial charge in [-0.2, -0.15) is 0 Å². The van der Waals surface area contributed by atoms with Gasteiger partial charge in [-0.25, -0.2) is 4.79 Å². The smallest absolute Gasteiger partial charge is 0.328 e. The van der Waals surface area contributed by atoms with Gasteiger partial charge in [-0.3, -0.25) is 0 Å². The third-order valence-corrected chi connectivity index (χ3v) is 2.35. The van der Waals surface area contributed by atoms with Crippen LogP contribution in [-0.4, -0.2) is 44.9 Å². The van der Waals surface area contributed by atoms with E-state index in [1.54, 1.807) is 0 Å². The van der Waals surface area contributed by atoms with E-state index in [0.29, 0.717) is 0 Å². The lowest BCUT2D eigenvalue weighted by atomic mass is 10.2. The first-order chi connectivity index (χ1) is 8.06. The zero-order valence-electron chi connectivity index (χ0n) is 10.3. The number of carbonyl (C=O) groups is 1. The van der Waals surface area contributed by atoms with E-state index in [0.717, 1.165) is 11.4 Å². The van der Waals surface area contributed by atoms with Crippen molar-refractivity contribution >= 4 is 17.3 Å². The van der Waals surface area contributed by atoms with Crippen LogP contribution in [0.15, 0.2) is 24.3 Å². The van der Waals surface area contributed by atoms with Gasteiger partial charge in [0.2, 0.25) is 0 Å². The largest absolute Gasteiger partial charge is 0.480 e. The second-order valence-electron chi connectivity index (χ2n) is 3.90. The molecule has 0 heterocycles. The van der Waals surface area contributed by atoms with Gasteiger partial charge >= 0.3 is 5.97 Å². The van der Waals surface area contributed by atoms with Gasteiger partial charge in [0.25, 0.3) is 0 Å². The molecule has 0 radical (unpaired) electrons. The lowest BCUT2D eigenvalue weighted by Gasteiger charge is -2.21. The molecule has 0 fully saturated rings. The summed E-state index contributed by atoms with van der Waals surface area (Å²) in [5, 5.41) is 12.0. The number of carboxylic acid groups (broad SMARTS) is 1. The highest BCUT2D eigenvalue weighted by Crippen LogP contribution is 2.24. The van der Waals surface area contributed by atoms with Gasteiger partial charge < -0.3 is 20.1 Å². The van der Waals surface area contributed by atoms with Crippen LogP contribution in [0.1, 0.15) is 0 Å². The summed E-state index contributed by atoms with van der Waals surface area (Å²) < 4.78 is 4.88. The minimum Gasteiger partial charge on any atom is -0.480 e. The number of hydrogen-bond acceptors (Lipinski definition) is 4. The molecule has 0 aliphatic heterocycles. The number of rotatable bonds is 6. The maximum Gasteiger partial charge on any atom is 0.328 e. The van der Waals surface area contributed by atoms with Gasteiger partial charge in [-0.15, -0.1) is 0 Å². The van der Waals surface area contributed by atoms with Crippen LogP contribution < -0.4 is 10.2 Å². The Bertz CT molecular complexity index is 380. The highest BCUT2D eigenvalue weighted by atomic mass is 16.5. The second-order valence-corrected chi connectivity index (χ2v) is 3.90. The molecule has 94 valence electrons. The van der Waals surface area contributed by atoms with Crippen LogP contribution >= 0.6 is 0 Å². The number of aliphatic carboxylic acids is 1. The third kappa shape index (κ3) is 3.64. The number of hydrogen-bond donors (Lipinski definition) is 2. The molecule has 0 aliphatic carbocycles. The molecule has 0 bridgehead atoms. The number of methoxy groups -OCH3 is 1. The van der Waals surface area contributed by atoms with Gasteiger partial charge in [0.1, 0.15) is 6.04 Å². The lowest BCUT2D eigenvalue weighted by molar-refractivity contribution is -0.139. The van der Waals surface area contributed by atoms with Crippen molar-refractivity contribution in [2.24, 2.45) is 0 Å². The van der Waals surface area contributed by atoms with Crippen LogP contribution in [-0.2, 0) is 9.53 Å². The molecular formula is C12H18N2O3. The Labute approximate surface area is 101 Å². The van der Waals surface area contributed by atoms with Crippen molar-refractivity contribution in [3.8, 4) is 0 Å². The van der Waals surface area contributed by atoms with Gasteiger partial charge in [0.05, 0.1) is 18.0 Å². The summed E-state index contributed by atoms with van der Waals surface area (Å²) in [6.45, 7) is 0.122. The third-order valence-electron chi connectivity index (χ3n) is 2.35. The van der Waals surface area contributed by atoms with Gasteiger partial charge in [-0.05, 0) is 12.1 Å². The number of carboxylic acids is 1. The Morgan fingerprint density at radius 2 is 2.12 bits per heavy atom. The van der Waals surface area contributed by atoms with Crippen molar-refractivity contribution in [1.29, 1.82) is 0 Å². The zero-order valence-corrected chi connectivity index (χ0v) is 10.3. The SMILES string of the molecule is COCC(Nc1ccccc1N(C)C)C(=O)O. The monoisotopic (exact) mass is 238 g/mol. The van der Waals surface area contributed by atoms with Crippen molar-refractivity contribution in [1.82, 2.24) is 0 Å². The summed E-state index contributed by atoms with van der Waals surface area (Å²) in [7, 11) is 5.30. The van der Waals surface area contributed by atoms with E-state index in [9.17, 15) is 4.79 Å². The van der Waals surface area contributed by atoms with Crippen molar-refractivity contribution in [3.05, 3.63) is 24.3 Å². The maximum atomic E-state index is 11.0. The van der Waals surface area contributed by atoms with Crippen molar-refractivity contribution in [3.63, 3.8) is 0 Å². The van der Waals surface area contributed by atoms with E-state index >= 15 is 0 Å². The minimum atomic E-state index is -0.930. The first kappa shape index (κ1) is 13.3. The Kier molecular flexibility index (Phi) is 4.78.